The highest BCUT2D eigenvalue weighted by Gasteiger charge is 2.22. The molecule has 4 aromatic carbocycles. The Hall–Kier alpha value is -4.62. The van der Waals surface area contributed by atoms with Crippen molar-refractivity contribution in [2.75, 3.05) is 11.9 Å². The number of rotatable bonds is 7. The van der Waals surface area contributed by atoms with E-state index in [2.05, 4.69) is 18.2 Å². The van der Waals surface area contributed by atoms with Crippen molar-refractivity contribution in [1.29, 1.82) is 0 Å². The Kier molecular flexibility index (Phi) is 7.11. The molecule has 5 rings (SSSR count). The van der Waals surface area contributed by atoms with E-state index in [1.807, 2.05) is 41.1 Å². The molecule has 0 saturated carbocycles. The first-order valence-corrected chi connectivity index (χ1v) is 13.0. The third-order valence-corrected chi connectivity index (χ3v) is 7.17. The molecule has 2 N–H and O–H groups in total. The molecule has 0 radical (unpaired) electrons. The second-order valence-electron chi connectivity index (χ2n) is 9.07. The van der Waals surface area contributed by atoms with Gasteiger partial charge in [-0.15, -0.1) is 0 Å². The molecule has 0 unspecified atom stereocenters. The van der Waals surface area contributed by atoms with Gasteiger partial charge in [-0.3, -0.25) is 9.59 Å². The van der Waals surface area contributed by atoms with E-state index in [4.69, 9.17) is 0 Å². The minimum Gasteiger partial charge on any atom is -0.508 e. The van der Waals surface area contributed by atoms with Gasteiger partial charge >= 0.3 is 0 Å². The number of fused-ring (bicyclic) bond motifs is 1. The fraction of sp³-hybridized carbons (Fsp3) is 0.0968. The summed E-state index contributed by atoms with van der Waals surface area (Å²) in [5.74, 6) is -0.969. The average Bonchev–Trinajstić information content (AvgIpc) is 3.45. The van der Waals surface area contributed by atoms with Crippen LogP contribution in [0.25, 0.3) is 10.8 Å². The van der Waals surface area contributed by atoms with Gasteiger partial charge in [-0.2, -0.15) is 11.3 Å². The van der Waals surface area contributed by atoms with Gasteiger partial charge in [-0.05, 0) is 75.1 Å². The first-order chi connectivity index (χ1) is 18.4. The van der Waals surface area contributed by atoms with E-state index < -0.39 is 5.91 Å². The summed E-state index contributed by atoms with van der Waals surface area (Å²) in [6, 6.07) is 26.9. The Morgan fingerprint density at radius 2 is 1.58 bits per heavy atom. The summed E-state index contributed by atoms with van der Waals surface area (Å²) in [5, 5.41) is 26.1. The Balaban J connectivity index is 1.38. The van der Waals surface area contributed by atoms with Gasteiger partial charge in [-0.1, -0.05) is 42.5 Å². The number of anilines is 1. The van der Waals surface area contributed by atoms with Gasteiger partial charge < -0.3 is 20.0 Å². The van der Waals surface area contributed by atoms with E-state index in [9.17, 15) is 19.8 Å². The zero-order valence-corrected chi connectivity index (χ0v) is 21.6. The average molecular weight is 523 g/mol. The molecule has 1 heterocycles. The molecule has 0 aliphatic heterocycles. The van der Waals surface area contributed by atoms with Crippen LogP contribution >= 0.6 is 11.3 Å². The minimum atomic E-state index is -0.416. The lowest BCUT2D eigenvalue weighted by Crippen LogP contribution is -2.30. The fourth-order valence-corrected chi connectivity index (χ4v) is 5.11. The first kappa shape index (κ1) is 25.0. The van der Waals surface area contributed by atoms with Gasteiger partial charge in [0.05, 0.1) is 12.1 Å². The zero-order valence-electron chi connectivity index (χ0n) is 20.7. The predicted octanol–water partition coefficient (Wildman–Crippen LogP) is 6.43. The van der Waals surface area contributed by atoms with Gasteiger partial charge in [0, 0.05) is 30.9 Å². The number of nitrogens with zero attached hydrogens (tertiary/aromatic N) is 2. The maximum absolute atomic E-state index is 13.5. The van der Waals surface area contributed by atoms with Crippen molar-refractivity contribution in [2.24, 2.45) is 0 Å². The molecule has 0 aliphatic carbocycles. The number of thiophene rings is 1. The van der Waals surface area contributed by atoms with Crippen LogP contribution in [-0.2, 0) is 13.1 Å². The number of carbonyl (C=O) groups excluding carboxylic acids is 2. The van der Waals surface area contributed by atoms with E-state index >= 15 is 0 Å². The van der Waals surface area contributed by atoms with Gasteiger partial charge in [-0.25, -0.2) is 0 Å². The quantitative estimate of drug-likeness (QED) is 0.258. The normalized spacial score (nSPS) is 10.9. The summed E-state index contributed by atoms with van der Waals surface area (Å²) >= 11 is 1.53. The number of phenols is 2. The summed E-state index contributed by atoms with van der Waals surface area (Å²) in [4.78, 5) is 29.9. The SMILES string of the molecule is CN(Cc1cccc2ccccc12)C(=O)c1ccc(N(Cc2ccsc2)C(=O)c2ccc(O)cc2O)cc1. The summed E-state index contributed by atoms with van der Waals surface area (Å²) < 4.78 is 0. The van der Waals surface area contributed by atoms with Crippen LogP contribution in [0.1, 0.15) is 31.8 Å². The fourth-order valence-electron chi connectivity index (χ4n) is 4.45. The van der Waals surface area contributed by atoms with Gasteiger partial charge in [0.1, 0.15) is 11.5 Å². The number of carbonyl (C=O) groups is 2. The summed E-state index contributed by atoms with van der Waals surface area (Å²) in [7, 11) is 1.78. The van der Waals surface area contributed by atoms with E-state index in [0.29, 0.717) is 17.8 Å². The zero-order chi connectivity index (χ0) is 26.6. The largest absolute Gasteiger partial charge is 0.508 e. The van der Waals surface area contributed by atoms with Crippen LogP contribution in [0.2, 0.25) is 0 Å². The van der Waals surface area contributed by atoms with Crippen molar-refractivity contribution in [2.45, 2.75) is 13.1 Å². The van der Waals surface area contributed by atoms with E-state index in [-0.39, 0.29) is 29.5 Å². The van der Waals surface area contributed by atoms with Crippen LogP contribution in [0.4, 0.5) is 5.69 Å². The molecule has 190 valence electrons. The van der Waals surface area contributed by atoms with Crippen LogP contribution in [-0.4, -0.2) is 34.0 Å². The number of benzene rings is 4. The third kappa shape index (κ3) is 5.23. The highest BCUT2D eigenvalue weighted by molar-refractivity contribution is 7.07. The Bertz CT molecular complexity index is 1590. The molecule has 1 aromatic heterocycles. The van der Waals surface area contributed by atoms with Crippen molar-refractivity contribution >= 4 is 39.6 Å². The molecule has 0 aliphatic rings. The molecule has 7 heteroatoms. The number of hydrogen-bond acceptors (Lipinski definition) is 5. The van der Waals surface area contributed by atoms with E-state index in [1.165, 1.54) is 23.5 Å². The van der Waals surface area contributed by atoms with Crippen LogP contribution in [0.3, 0.4) is 0 Å². The number of amides is 2. The van der Waals surface area contributed by atoms with Crippen molar-refractivity contribution in [3.63, 3.8) is 0 Å². The molecule has 0 saturated heterocycles. The van der Waals surface area contributed by atoms with Gasteiger partial charge in [0.2, 0.25) is 0 Å². The number of aromatic hydroxyl groups is 2. The van der Waals surface area contributed by atoms with E-state index in [1.54, 1.807) is 41.1 Å². The highest BCUT2D eigenvalue weighted by Crippen LogP contribution is 2.28. The van der Waals surface area contributed by atoms with Crippen LogP contribution < -0.4 is 4.90 Å². The monoisotopic (exact) mass is 522 g/mol. The van der Waals surface area contributed by atoms with Crippen LogP contribution in [0.15, 0.2) is 102 Å². The first-order valence-electron chi connectivity index (χ1n) is 12.1. The summed E-state index contributed by atoms with van der Waals surface area (Å²) in [6.45, 7) is 0.752. The summed E-state index contributed by atoms with van der Waals surface area (Å²) in [6.07, 6.45) is 0. The molecular formula is C31H26N2O4S. The van der Waals surface area contributed by atoms with Crippen molar-refractivity contribution in [3.8, 4) is 11.5 Å². The second kappa shape index (κ2) is 10.8. The maximum Gasteiger partial charge on any atom is 0.262 e. The lowest BCUT2D eigenvalue weighted by atomic mass is 10.0. The highest BCUT2D eigenvalue weighted by atomic mass is 32.1. The lowest BCUT2D eigenvalue weighted by molar-refractivity contribution is 0.0785. The van der Waals surface area contributed by atoms with Crippen molar-refractivity contribution in [1.82, 2.24) is 4.90 Å². The Labute approximate surface area is 224 Å². The predicted molar refractivity (Wildman–Crippen MR) is 151 cm³/mol. The van der Waals surface area contributed by atoms with Gasteiger partial charge in [0.25, 0.3) is 11.8 Å². The second-order valence-corrected chi connectivity index (χ2v) is 9.85. The molecule has 0 atom stereocenters. The molecule has 2 amide bonds. The number of phenolic OH excluding ortho intramolecular Hbond substituents is 2. The van der Waals surface area contributed by atoms with Crippen molar-refractivity contribution in [3.05, 3.63) is 124 Å². The Morgan fingerprint density at radius 3 is 2.32 bits per heavy atom. The topological polar surface area (TPSA) is 81.1 Å². The Morgan fingerprint density at radius 1 is 0.816 bits per heavy atom. The van der Waals surface area contributed by atoms with Crippen molar-refractivity contribution < 1.29 is 19.8 Å². The lowest BCUT2D eigenvalue weighted by Gasteiger charge is -2.24. The molecule has 0 spiro atoms. The molecule has 0 fully saturated rings. The smallest absolute Gasteiger partial charge is 0.262 e. The standard InChI is InChI=1S/C31H26N2O4S/c1-32(19-24-7-4-6-22-5-2-3-8-27(22)24)30(36)23-9-11-25(12-10-23)33(18-21-15-16-38-20-21)31(37)28-14-13-26(34)17-29(28)35/h2-17,20,34-35H,18-19H2,1H3. The molecule has 38 heavy (non-hydrogen) atoms. The molecule has 6 nitrogen and oxygen atoms in total. The minimum absolute atomic E-state index is 0.0769. The maximum atomic E-state index is 13.5. The van der Waals surface area contributed by atoms with E-state index in [0.717, 1.165) is 28.0 Å². The number of hydrogen-bond donors (Lipinski definition) is 2. The van der Waals surface area contributed by atoms with Crippen LogP contribution in [0.5, 0.6) is 11.5 Å². The van der Waals surface area contributed by atoms with Gasteiger partial charge in [0.15, 0.2) is 0 Å². The molecule has 0 bridgehead atoms. The molecular weight excluding hydrogens is 496 g/mol. The third-order valence-electron chi connectivity index (χ3n) is 6.44. The summed E-state index contributed by atoms with van der Waals surface area (Å²) in [5.41, 5.74) is 3.18. The van der Waals surface area contributed by atoms with Crippen LogP contribution in [0, 0.1) is 0 Å². The molecule has 5 aromatic rings.